The highest BCUT2D eigenvalue weighted by atomic mass is 19.2. The quantitative estimate of drug-likeness (QED) is 0.373. The van der Waals surface area contributed by atoms with Crippen LogP contribution in [-0.2, 0) is 0 Å². The monoisotopic (exact) mass is 180 g/mol. The molecule has 12 heavy (non-hydrogen) atoms. The number of imidazole rings is 1. The molecule has 9 heteroatoms. The molecule has 4 N–H and O–H groups in total. The van der Waals surface area contributed by atoms with Gasteiger partial charge in [0.1, 0.15) is 6.33 Å². The molecule has 1 aromatic heterocycles. The average Bonchev–Trinajstić information content (AvgIpc) is 2.30. The summed E-state index contributed by atoms with van der Waals surface area (Å²) in [7, 11) is 0. The van der Waals surface area contributed by atoms with Crippen molar-refractivity contribution in [2.75, 3.05) is 0 Å². The number of nitrogens with zero attached hydrogens (tertiary/aromatic N) is 2. The molecule has 0 saturated heterocycles. The van der Waals surface area contributed by atoms with Crippen LogP contribution in [0.25, 0.3) is 0 Å². The minimum Gasteiger partial charge on any atom is -0.593 e. The Labute approximate surface area is 64.7 Å². The molecule has 1 heterocycles. The number of hydrogen-bond donors (Lipinski definition) is 4. The van der Waals surface area contributed by atoms with Gasteiger partial charge in [0.05, 0.1) is 0 Å². The molecule has 0 aliphatic heterocycles. The van der Waals surface area contributed by atoms with Crippen molar-refractivity contribution < 1.29 is 25.3 Å². The summed E-state index contributed by atoms with van der Waals surface area (Å²) >= 11 is 0. The Morgan fingerprint density at radius 2 is 2.00 bits per heavy atom. The number of hydrogen-bond acceptors (Lipinski definition) is 5. The second kappa shape index (κ2) is 3.10. The lowest BCUT2D eigenvalue weighted by Gasteiger charge is -2.13. The summed E-state index contributed by atoms with van der Waals surface area (Å²) in [6.45, 7) is 0. The topological polar surface area (TPSA) is 113 Å². The first-order valence-electron chi connectivity index (χ1n) is 2.74. The zero-order valence-electron chi connectivity index (χ0n) is 5.56. The van der Waals surface area contributed by atoms with Gasteiger partial charge >= 0.3 is 11.6 Å². The third-order valence-electron chi connectivity index (χ3n) is 1.13. The first kappa shape index (κ1) is 8.99. The van der Waals surface area contributed by atoms with Gasteiger partial charge in [0, 0.05) is 0 Å². The Balaban J connectivity index is 3.12. The lowest BCUT2D eigenvalue weighted by Crippen LogP contribution is -3.05. The minimum atomic E-state index is -1.67. The van der Waals surface area contributed by atoms with Gasteiger partial charge in [0.25, 0.3) is 0 Å². The van der Waals surface area contributed by atoms with Gasteiger partial charge in [-0.2, -0.15) is 15.4 Å². The first-order valence-corrected chi connectivity index (χ1v) is 2.74. The third-order valence-corrected chi connectivity index (χ3v) is 1.13. The molecule has 0 saturated carbocycles. The summed E-state index contributed by atoms with van der Waals surface area (Å²) in [5.74, 6) is -1.80. The fourth-order valence-electron chi connectivity index (χ4n) is 0.678. The fourth-order valence-corrected chi connectivity index (χ4v) is 0.678. The molecular weight excluding hydrogens is 175 g/mol. The maximum atomic E-state index is 12.4. The molecule has 0 aliphatic carbocycles. The van der Waals surface area contributed by atoms with Crippen LogP contribution in [0, 0.1) is 10.4 Å². The third kappa shape index (κ3) is 1.40. The van der Waals surface area contributed by atoms with Crippen LogP contribution >= 0.6 is 0 Å². The molecule has 0 amide bonds. The zero-order valence-corrected chi connectivity index (χ0v) is 5.56. The predicted molar refractivity (Wildman–Crippen MR) is 30.3 cm³/mol. The second-order valence-corrected chi connectivity index (χ2v) is 1.86. The van der Waals surface area contributed by atoms with Crippen LogP contribution in [0.2, 0.25) is 0 Å². The first-order chi connectivity index (χ1) is 5.54. The molecule has 68 valence electrons. The fraction of sp³-hybridized carbons (Fsp3) is 0. The van der Waals surface area contributed by atoms with Crippen molar-refractivity contribution in [1.82, 2.24) is 9.77 Å². The van der Waals surface area contributed by atoms with E-state index in [0.29, 0.717) is 6.33 Å². The molecule has 0 fully saturated rings. The van der Waals surface area contributed by atoms with Crippen molar-refractivity contribution in [2.24, 2.45) is 0 Å². The van der Waals surface area contributed by atoms with Crippen molar-refractivity contribution >= 4 is 11.6 Å². The molecule has 0 bridgehead atoms. The Bertz CT molecular complexity index is 273. The van der Waals surface area contributed by atoms with E-state index < -0.39 is 22.1 Å². The SMILES string of the molecule is [O-][NH+](O)c1ncn(F)c1[NH+]([O-])O. The number of nitrogens with one attached hydrogen (secondary N) is 2. The predicted octanol–water partition coefficient (Wildman–Crippen LogP) is -2.58. The maximum absolute atomic E-state index is 12.4. The van der Waals surface area contributed by atoms with Crippen LogP contribution in [0.1, 0.15) is 0 Å². The van der Waals surface area contributed by atoms with Gasteiger partial charge in [-0.25, -0.2) is 10.4 Å². The largest absolute Gasteiger partial charge is 0.593 e. The molecule has 8 nitrogen and oxygen atoms in total. The van der Waals surface area contributed by atoms with E-state index >= 15 is 0 Å². The zero-order chi connectivity index (χ0) is 9.30. The molecule has 1 rings (SSSR count). The van der Waals surface area contributed by atoms with E-state index in [0.717, 1.165) is 0 Å². The highest BCUT2D eigenvalue weighted by Crippen LogP contribution is 2.09. The van der Waals surface area contributed by atoms with Crippen LogP contribution in [-0.4, -0.2) is 20.2 Å². The maximum Gasteiger partial charge on any atom is 0.356 e. The van der Waals surface area contributed by atoms with Crippen LogP contribution in [0.15, 0.2) is 6.33 Å². The molecule has 0 radical (unpaired) electrons. The smallest absolute Gasteiger partial charge is 0.356 e. The van der Waals surface area contributed by atoms with Crippen molar-refractivity contribution in [3.05, 3.63) is 16.7 Å². The van der Waals surface area contributed by atoms with Gasteiger partial charge in [-0.1, -0.05) is 4.48 Å². The Hall–Kier alpha value is -1.10. The van der Waals surface area contributed by atoms with Gasteiger partial charge in [-0.3, -0.25) is 0 Å². The van der Waals surface area contributed by atoms with E-state index in [4.69, 9.17) is 10.4 Å². The molecule has 0 spiro atoms. The van der Waals surface area contributed by atoms with Crippen molar-refractivity contribution in [3.8, 4) is 0 Å². The number of halogens is 1. The van der Waals surface area contributed by atoms with E-state index in [-0.39, 0.29) is 4.79 Å². The van der Waals surface area contributed by atoms with Crippen molar-refractivity contribution in [1.29, 1.82) is 0 Å². The van der Waals surface area contributed by atoms with E-state index in [1.165, 1.54) is 0 Å². The summed E-state index contributed by atoms with van der Waals surface area (Å²) < 4.78 is 12.4. The molecule has 2 unspecified atom stereocenters. The van der Waals surface area contributed by atoms with E-state index in [2.05, 4.69) is 4.98 Å². The highest BCUT2D eigenvalue weighted by Gasteiger charge is 2.24. The molecule has 0 aliphatic rings. The van der Waals surface area contributed by atoms with E-state index in [9.17, 15) is 14.9 Å². The van der Waals surface area contributed by atoms with Crippen LogP contribution in [0.4, 0.5) is 16.1 Å². The van der Waals surface area contributed by atoms with Crippen molar-refractivity contribution in [3.63, 3.8) is 0 Å². The van der Waals surface area contributed by atoms with Gasteiger partial charge in [-0.15, -0.1) is 4.79 Å². The minimum absolute atomic E-state index is 0.355. The van der Waals surface area contributed by atoms with Gasteiger partial charge in [0.15, 0.2) is 0 Å². The molecular formula is C3H5FN4O4. The van der Waals surface area contributed by atoms with Crippen LogP contribution in [0.3, 0.4) is 0 Å². The number of quaternary nitrogens is 2. The normalized spacial score (nSPS) is 16.1. The lowest BCUT2D eigenvalue weighted by atomic mass is 10.7. The molecule has 1 aromatic rings. The molecule has 2 atom stereocenters. The number of rotatable bonds is 2. The summed E-state index contributed by atoms with van der Waals surface area (Å²) in [6.07, 6.45) is 0.479. The highest BCUT2D eigenvalue weighted by molar-refractivity contribution is 5.38. The standard InChI is InChI=1S/C3H5FN4O4/c4-6-1-5-2(7(9)10)3(6)8(11)12/h1,7-9,11H. The van der Waals surface area contributed by atoms with Gasteiger partial charge in [0.2, 0.25) is 0 Å². The van der Waals surface area contributed by atoms with Crippen molar-refractivity contribution in [2.45, 2.75) is 0 Å². The Morgan fingerprint density at radius 1 is 1.42 bits per heavy atom. The summed E-state index contributed by atoms with van der Waals surface area (Å²) in [5, 5.41) is 33.9. The van der Waals surface area contributed by atoms with E-state index in [1.54, 1.807) is 0 Å². The van der Waals surface area contributed by atoms with Gasteiger partial charge < -0.3 is 10.4 Å². The van der Waals surface area contributed by atoms with E-state index in [1.807, 2.05) is 0 Å². The van der Waals surface area contributed by atoms with Gasteiger partial charge in [-0.05, 0) is 0 Å². The average molecular weight is 180 g/mol. The lowest BCUT2D eigenvalue weighted by molar-refractivity contribution is -1.02. The second-order valence-electron chi connectivity index (χ2n) is 1.86. The summed E-state index contributed by atoms with van der Waals surface area (Å²) in [5.41, 5.74) is 0. The number of aromatic nitrogens is 2. The summed E-state index contributed by atoms with van der Waals surface area (Å²) in [4.78, 5) is 2.69. The molecule has 0 aromatic carbocycles. The Morgan fingerprint density at radius 3 is 2.33 bits per heavy atom. The summed E-state index contributed by atoms with van der Waals surface area (Å²) in [6, 6.07) is 0. The van der Waals surface area contributed by atoms with Crippen LogP contribution in [0.5, 0.6) is 0 Å². The van der Waals surface area contributed by atoms with Crippen LogP contribution < -0.4 is 10.5 Å². The Kier molecular flexibility index (Phi) is 2.32.